The zero-order chi connectivity index (χ0) is 18.8. The number of aliphatic carboxylic acids is 1. The third-order valence-electron chi connectivity index (χ3n) is 4.01. The summed E-state index contributed by atoms with van der Waals surface area (Å²) in [6.45, 7) is 2.00. The third-order valence-corrected chi connectivity index (χ3v) is 5.19. The lowest BCUT2D eigenvalue weighted by molar-refractivity contribution is -0.139. The highest BCUT2D eigenvalue weighted by atomic mass is 32.2. The number of hydrogen-bond acceptors (Lipinski definition) is 5. The number of nitrogens with one attached hydrogen (secondary N) is 1. The normalized spacial score (nSPS) is 16.2. The summed E-state index contributed by atoms with van der Waals surface area (Å²) in [5, 5.41) is 11.7. The van der Waals surface area contributed by atoms with Gasteiger partial charge in [0.2, 0.25) is 10.0 Å². The van der Waals surface area contributed by atoms with Crippen LogP contribution in [0.2, 0.25) is 0 Å². The quantitative estimate of drug-likeness (QED) is 0.727. The number of rotatable bonds is 7. The number of methoxy groups -OCH3 is 1. The molecule has 138 valence electrons. The van der Waals surface area contributed by atoms with Crippen molar-refractivity contribution < 1.29 is 27.9 Å². The van der Waals surface area contributed by atoms with Crippen LogP contribution >= 0.6 is 0 Å². The molecule has 9 heteroatoms. The van der Waals surface area contributed by atoms with E-state index in [-0.39, 0.29) is 13.0 Å². The summed E-state index contributed by atoms with van der Waals surface area (Å²) in [5.41, 5.74) is 0.644. The van der Waals surface area contributed by atoms with Crippen LogP contribution in [-0.2, 0) is 26.0 Å². The molecule has 1 amide bonds. The molecule has 2 rings (SSSR count). The second-order valence-corrected chi connectivity index (χ2v) is 8.35. The van der Waals surface area contributed by atoms with Crippen molar-refractivity contribution in [2.24, 2.45) is 0 Å². The second-order valence-electron chi connectivity index (χ2n) is 6.45. The van der Waals surface area contributed by atoms with Gasteiger partial charge in [-0.15, -0.1) is 0 Å². The highest BCUT2D eigenvalue weighted by molar-refractivity contribution is 7.92. The highest BCUT2D eigenvalue weighted by Crippen LogP contribution is 2.30. The SMILES string of the molecule is COCC(C)(CC(=O)O)NC(=O)c1ccc2c(c1)CCN2S(C)(=O)=O. The van der Waals surface area contributed by atoms with Crippen LogP contribution < -0.4 is 9.62 Å². The summed E-state index contributed by atoms with van der Waals surface area (Å²) in [5.74, 6) is -1.47. The van der Waals surface area contributed by atoms with Gasteiger partial charge in [0.15, 0.2) is 0 Å². The van der Waals surface area contributed by atoms with E-state index in [2.05, 4.69) is 5.32 Å². The Morgan fingerprint density at radius 3 is 2.64 bits per heavy atom. The van der Waals surface area contributed by atoms with Crippen molar-refractivity contribution in [1.29, 1.82) is 0 Å². The predicted molar refractivity (Wildman–Crippen MR) is 92.3 cm³/mol. The van der Waals surface area contributed by atoms with E-state index in [4.69, 9.17) is 9.84 Å². The average molecular weight is 370 g/mol. The third kappa shape index (κ3) is 4.49. The lowest BCUT2D eigenvalue weighted by Crippen LogP contribution is -2.50. The van der Waals surface area contributed by atoms with Gasteiger partial charge < -0.3 is 15.2 Å². The summed E-state index contributed by atoms with van der Waals surface area (Å²) < 4.78 is 29.8. The number of ether oxygens (including phenoxy) is 1. The van der Waals surface area contributed by atoms with Crippen LogP contribution in [-0.4, -0.2) is 57.5 Å². The summed E-state index contributed by atoms with van der Waals surface area (Å²) in [6, 6.07) is 4.78. The Bertz CT molecular complexity index is 792. The molecule has 8 nitrogen and oxygen atoms in total. The molecule has 1 heterocycles. The molecule has 1 aromatic carbocycles. The first kappa shape index (κ1) is 19.2. The molecule has 25 heavy (non-hydrogen) atoms. The monoisotopic (exact) mass is 370 g/mol. The van der Waals surface area contributed by atoms with Gasteiger partial charge in [0, 0.05) is 19.2 Å². The molecule has 1 aliphatic heterocycles. The van der Waals surface area contributed by atoms with Crippen LogP contribution in [0.15, 0.2) is 18.2 Å². The van der Waals surface area contributed by atoms with E-state index in [1.807, 2.05) is 0 Å². The van der Waals surface area contributed by atoms with E-state index in [1.165, 1.54) is 17.5 Å². The maximum Gasteiger partial charge on any atom is 0.305 e. The maximum absolute atomic E-state index is 12.5. The molecule has 0 saturated carbocycles. The molecule has 1 atom stereocenters. The number of carbonyl (C=O) groups is 2. The van der Waals surface area contributed by atoms with Gasteiger partial charge in [-0.1, -0.05) is 0 Å². The van der Waals surface area contributed by atoms with Crippen LogP contribution in [0.25, 0.3) is 0 Å². The van der Waals surface area contributed by atoms with E-state index >= 15 is 0 Å². The minimum absolute atomic E-state index is 0.0534. The van der Waals surface area contributed by atoms with E-state index in [0.29, 0.717) is 24.2 Å². The number of carboxylic acids is 1. The number of hydrogen-bond donors (Lipinski definition) is 2. The lowest BCUT2D eigenvalue weighted by atomic mass is 9.98. The average Bonchev–Trinajstić information content (AvgIpc) is 2.88. The first-order valence-corrected chi connectivity index (χ1v) is 9.54. The van der Waals surface area contributed by atoms with Gasteiger partial charge in [0.1, 0.15) is 0 Å². The molecular weight excluding hydrogens is 348 g/mol. The molecule has 0 fully saturated rings. The minimum atomic E-state index is -3.35. The smallest absolute Gasteiger partial charge is 0.305 e. The lowest BCUT2D eigenvalue weighted by Gasteiger charge is -2.28. The molecule has 0 aromatic heterocycles. The number of anilines is 1. The van der Waals surface area contributed by atoms with Crippen molar-refractivity contribution >= 4 is 27.6 Å². The summed E-state index contributed by atoms with van der Waals surface area (Å²) in [7, 11) is -1.92. The second kappa shape index (κ2) is 7.01. The Kier molecular flexibility index (Phi) is 5.38. The van der Waals surface area contributed by atoms with Gasteiger partial charge in [-0.2, -0.15) is 0 Å². The maximum atomic E-state index is 12.5. The molecular formula is C16H22N2O6S. The number of nitrogens with zero attached hydrogens (tertiary/aromatic N) is 1. The first-order valence-electron chi connectivity index (χ1n) is 7.70. The molecule has 0 spiro atoms. The van der Waals surface area contributed by atoms with E-state index in [9.17, 15) is 18.0 Å². The number of benzene rings is 1. The molecule has 0 radical (unpaired) electrons. The van der Waals surface area contributed by atoms with Gasteiger partial charge in [0.25, 0.3) is 5.91 Å². The van der Waals surface area contributed by atoms with E-state index in [1.54, 1.807) is 19.1 Å². The van der Waals surface area contributed by atoms with Gasteiger partial charge >= 0.3 is 5.97 Å². The van der Waals surface area contributed by atoms with E-state index in [0.717, 1.165) is 11.8 Å². The Hall–Kier alpha value is -2.13. The Balaban J connectivity index is 2.22. The van der Waals surface area contributed by atoms with Gasteiger partial charge in [-0.3, -0.25) is 13.9 Å². The van der Waals surface area contributed by atoms with Crippen LogP contribution in [0.5, 0.6) is 0 Å². The zero-order valence-corrected chi connectivity index (χ0v) is 15.2. The van der Waals surface area contributed by atoms with Crippen molar-refractivity contribution in [1.82, 2.24) is 5.32 Å². The number of sulfonamides is 1. The van der Waals surface area contributed by atoms with Crippen LogP contribution in [0.4, 0.5) is 5.69 Å². The molecule has 2 N–H and O–H groups in total. The Morgan fingerprint density at radius 1 is 1.40 bits per heavy atom. The first-order chi connectivity index (χ1) is 11.6. The molecule has 0 aliphatic carbocycles. The number of amides is 1. The van der Waals surface area contributed by atoms with E-state index < -0.39 is 27.4 Å². The van der Waals surface area contributed by atoms with Crippen molar-refractivity contribution in [3.8, 4) is 0 Å². The topological polar surface area (TPSA) is 113 Å². The fourth-order valence-corrected chi connectivity index (χ4v) is 3.95. The number of fused-ring (bicyclic) bond motifs is 1. The fourth-order valence-electron chi connectivity index (χ4n) is 2.99. The molecule has 0 saturated heterocycles. The van der Waals surface area contributed by atoms with Crippen molar-refractivity contribution in [2.75, 3.05) is 30.8 Å². The van der Waals surface area contributed by atoms with Crippen molar-refractivity contribution in [3.63, 3.8) is 0 Å². The van der Waals surface area contributed by atoms with Crippen LogP contribution in [0, 0.1) is 0 Å². The van der Waals surface area contributed by atoms with Crippen LogP contribution in [0.3, 0.4) is 0 Å². The van der Waals surface area contributed by atoms with Gasteiger partial charge in [-0.25, -0.2) is 8.42 Å². The van der Waals surface area contributed by atoms with Gasteiger partial charge in [-0.05, 0) is 37.1 Å². The fraction of sp³-hybridized carbons (Fsp3) is 0.500. The van der Waals surface area contributed by atoms with Gasteiger partial charge in [0.05, 0.1) is 30.5 Å². The minimum Gasteiger partial charge on any atom is -0.481 e. The predicted octanol–water partition coefficient (Wildman–Crippen LogP) is 0.618. The molecule has 1 unspecified atom stereocenters. The Morgan fingerprint density at radius 2 is 2.08 bits per heavy atom. The molecule has 0 bridgehead atoms. The summed E-state index contributed by atoms with van der Waals surface area (Å²) >= 11 is 0. The molecule has 1 aromatic rings. The number of carboxylic acid groups (broad SMARTS) is 1. The highest BCUT2D eigenvalue weighted by Gasteiger charge is 2.31. The molecule has 1 aliphatic rings. The Labute approximate surface area is 146 Å². The zero-order valence-electron chi connectivity index (χ0n) is 14.4. The summed E-state index contributed by atoms with van der Waals surface area (Å²) in [6.07, 6.45) is 1.39. The largest absolute Gasteiger partial charge is 0.481 e. The van der Waals surface area contributed by atoms with Crippen molar-refractivity contribution in [3.05, 3.63) is 29.3 Å². The number of carbonyl (C=O) groups excluding carboxylic acids is 1. The van der Waals surface area contributed by atoms with Crippen molar-refractivity contribution in [2.45, 2.75) is 25.3 Å². The van der Waals surface area contributed by atoms with Crippen LogP contribution in [0.1, 0.15) is 29.3 Å². The standard InChI is InChI=1S/C16H22N2O6S/c1-16(10-24-2,9-14(19)20)17-15(21)12-4-5-13-11(8-12)6-7-18(13)25(3,22)23/h4-5,8H,6-7,9-10H2,1-3H3,(H,17,21)(H,19,20). The summed E-state index contributed by atoms with van der Waals surface area (Å²) in [4.78, 5) is 23.5.